The van der Waals surface area contributed by atoms with Crippen molar-refractivity contribution in [2.75, 3.05) is 0 Å². The molecule has 1 radical (unpaired) electrons. The molecule has 2 unspecified atom stereocenters. The number of benzene rings is 2. The van der Waals surface area contributed by atoms with E-state index >= 15 is 0 Å². The number of fused-ring (bicyclic) bond motifs is 2. The second kappa shape index (κ2) is 12.0. The molecule has 2 atom stereocenters. The van der Waals surface area contributed by atoms with Crippen LogP contribution >= 0.6 is 0 Å². The molecule has 2 saturated carbocycles. The van der Waals surface area contributed by atoms with Crippen LogP contribution < -0.4 is 0 Å². The molecule has 2 aliphatic rings. The molecule has 0 saturated heterocycles. The summed E-state index contributed by atoms with van der Waals surface area (Å²) in [5, 5.41) is 21.3. The number of hydrogen-bond donors (Lipinski definition) is 2. The van der Waals surface area contributed by atoms with Crippen LogP contribution in [0.2, 0.25) is 0 Å². The Morgan fingerprint density at radius 1 is 0.812 bits per heavy atom. The molecule has 1 aromatic heterocycles. The van der Waals surface area contributed by atoms with Crippen molar-refractivity contribution < 1.29 is 30.3 Å². The summed E-state index contributed by atoms with van der Waals surface area (Å²) >= 11 is 0. The Kier molecular flexibility index (Phi) is 9.43. The SMILES string of the molecule is Cc1cccc2nc(-c3[c-]cccc3)ccc12.OC1CCCCC2CCCCC(O)C12.[Ir]. The maximum absolute atomic E-state index is 10.0. The van der Waals surface area contributed by atoms with Gasteiger partial charge < -0.3 is 10.2 Å². The molecule has 3 nitrogen and oxygen atoms in total. The van der Waals surface area contributed by atoms with Gasteiger partial charge in [-0.3, -0.25) is 4.98 Å². The number of aliphatic hydroxyl groups excluding tert-OH is 2. The van der Waals surface area contributed by atoms with Crippen molar-refractivity contribution in [1.29, 1.82) is 0 Å². The normalized spacial score (nSPS) is 25.3. The van der Waals surface area contributed by atoms with Crippen LogP contribution in [0.1, 0.15) is 56.9 Å². The van der Waals surface area contributed by atoms with Crippen molar-refractivity contribution >= 4 is 10.9 Å². The van der Waals surface area contributed by atoms with Gasteiger partial charge in [-0.1, -0.05) is 49.9 Å². The topological polar surface area (TPSA) is 53.4 Å². The number of nitrogens with zero attached hydrogens (tertiary/aromatic N) is 1. The van der Waals surface area contributed by atoms with E-state index in [9.17, 15) is 10.2 Å². The Labute approximate surface area is 205 Å². The van der Waals surface area contributed by atoms with E-state index in [0.717, 1.165) is 42.5 Å². The quantitative estimate of drug-likeness (QED) is 0.329. The Balaban J connectivity index is 0.000000178. The van der Waals surface area contributed by atoms with Crippen LogP contribution in [0.3, 0.4) is 0 Å². The predicted molar refractivity (Wildman–Crippen MR) is 127 cm³/mol. The van der Waals surface area contributed by atoms with Crippen molar-refractivity contribution in [2.24, 2.45) is 11.8 Å². The summed E-state index contributed by atoms with van der Waals surface area (Å²) in [5.74, 6) is 0.769. The van der Waals surface area contributed by atoms with Crippen molar-refractivity contribution in [2.45, 2.75) is 70.5 Å². The fourth-order valence-corrected chi connectivity index (χ4v) is 5.33. The molecule has 5 rings (SSSR count). The molecular formula is C28H34IrNO2-. The van der Waals surface area contributed by atoms with E-state index in [0.29, 0.717) is 5.92 Å². The third kappa shape index (κ3) is 6.05. The number of hydrogen-bond acceptors (Lipinski definition) is 3. The molecule has 3 aromatic rings. The Morgan fingerprint density at radius 2 is 1.50 bits per heavy atom. The minimum atomic E-state index is -0.240. The molecule has 2 N–H and O–H groups in total. The zero-order valence-electron chi connectivity index (χ0n) is 18.8. The molecule has 1 heterocycles. The molecule has 2 aromatic carbocycles. The van der Waals surface area contributed by atoms with Gasteiger partial charge in [-0.15, -0.1) is 35.9 Å². The summed E-state index contributed by atoms with van der Waals surface area (Å²) in [6.45, 7) is 2.11. The largest absolute Gasteiger partial charge is 0.393 e. The number of aromatic nitrogens is 1. The van der Waals surface area contributed by atoms with Crippen LogP contribution in [0.15, 0.2) is 54.6 Å². The minimum absolute atomic E-state index is 0. The van der Waals surface area contributed by atoms with Gasteiger partial charge in [-0.25, -0.2) is 0 Å². The zero-order chi connectivity index (χ0) is 21.6. The predicted octanol–water partition coefficient (Wildman–Crippen LogP) is 6.10. The fraction of sp³-hybridized carbons (Fsp3) is 0.464. The van der Waals surface area contributed by atoms with E-state index in [-0.39, 0.29) is 38.2 Å². The fourth-order valence-electron chi connectivity index (χ4n) is 5.33. The summed E-state index contributed by atoms with van der Waals surface area (Å²) in [4.78, 5) is 4.68. The Bertz CT molecular complexity index is 960. The van der Waals surface area contributed by atoms with Crippen molar-refractivity contribution in [3.63, 3.8) is 0 Å². The van der Waals surface area contributed by atoms with Gasteiger partial charge >= 0.3 is 0 Å². The van der Waals surface area contributed by atoms with Gasteiger partial charge in [-0.05, 0) is 55.8 Å². The summed E-state index contributed by atoms with van der Waals surface area (Å²) < 4.78 is 0. The van der Waals surface area contributed by atoms with Crippen LogP contribution in [0.4, 0.5) is 0 Å². The number of aliphatic hydroxyl groups is 2. The Morgan fingerprint density at radius 3 is 2.16 bits per heavy atom. The van der Waals surface area contributed by atoms with Crippen molar-refractivity contribution in [3.8, 4) is 11.3 Å². The molecule has 0 aliphatic heterocycles. The van der Waals surface area contributed by atoms with Crippen LogP contribution in [0, 0.1) is 24.8 Å². The number of pyridine rings is 1. The van der Waals surface area contributed by atoms with Crippen LogP contribution in [-0.2, 0) is 20.1 Å². The van der Waals surface area contributed by atoms with Gasteiger partial charge in [0, 0.05) is 31.4 Å². The zero-order valence-corrected chi connectivity index (χ0v) is 21.2. The maximum Gasteiger partial charge on any atom is 0.0597 e. The van der Waals surface area contributed by atoms with E-state index in [2.05, 4.69) is 42.2 Å². The summed E-state index contributed by atoms with van der Waals surface area (Å²) in [7, 11) is 0. The number of rotatable bonds is 1. The van der Waals surface area contributed by atoms with Gasteiger partial charge in [0.15, 0.2) is 0 Å². The second-order valence-corrected chi connectivity index (χ2v) is 9.16. The maximum atomic E-state index is 10.0. The van der Waals surface area contributed by atoms with E-state index in [1.165, 1.54) is 36.6 Å². The molecule has 0 spiro atoms. The first-order valence-electron chi connectivity index (χ1n) is 11.8. The average Bonchev–Trinajstić information content (AvgIpc) is 3.10. The van der Waals surface area contributed by atoms with Crippen molar-refractivity contribution in [3.05, 3.63) is 66.2 Å². The van der Waals surface area contributed by atoms with Crippen molar-refractivity contribution in [1.82, 2.24) is 4.98 Å². The van der Waals surface area contributed by atoms with Crippen LogP contribution in [0.25, 0.3) is 22.2 Å². The first-order chi connectivity index (χ1) is 15.1. The smallest absolute Gasteiger partial charge is 0.0597 e. The average molecular weight is 609 g/mol. The van der Waals surface area contributed by atoms with Gasteiger partial charge in [-0.2, -0.15) is 0 Å². The van der Waals surface area contributed by atoms with Crippen LogP contribution in [0.5, 0.6) is 0 Å². The second-order valence-electron chi connectivity index (χ2n) is 9.16. The Hall–Kier alpha value is -1.58. The molecular weight excluding hydrogens is 575 g/mol. The number of aryl methyl sites for hydroxylation is 1. The van der Waals surface area contributed by atoms with Gasteiger partial charge in [0.05, 0.1) is 17.7 Å². The summed E-state index contributed by atoms with van der Waals surface area (Å²) in [5.41, 5.74) is 4.32. The van der Waals surface area contributed by atoms with Gasteiger partial charge in [0.2, 0.25) is 0 Å². The van der Waals surface area contributed by atoms with E-state index in [1.54, 1.807) is 0 Å². The summed E-state index contributed by atoms with van der Waals surface area (Å²) in [6.07, 6.45) is 8.53. The first kappa shape index (κ1) is 25.0. The molecule has 173 valence electrons. The molecule has 2 fully saturated rings. The van der Waals surface area contributed by atoms with E-state index < -0.39 is 0 Å². The minimum Gasteiger partial charge on any atom is -0.393 e. The monoisotopic (exact) mass is 609 g/mol. The molecule has 0 amide bonds. The third-order valence-corrected chi connectivity index (χ3v) is 7.02. The summed E-state index contributed by atoms with van der Waals surface area (Å²) in [6, 6.07) is 21.5. The first-order valence-corrected chi connectivity index (χ1v) is 11.8. The third-order valence-electron chi connectivity index (χ3n) is 7.02. The molecule has 4 heteroatoms. The van der Waals surface area contributed by atoms with E-state index in [1.807, 2.05) is 30.3 Å². The molecule has 0 bridgehead atoms. The standard InChI is InChI=1S/C16H12N.C12H22O2.Ir/c1-12-6-5-9-16-14(12)10-11-15(17-16)13-7-3-2-4-8-13;13-10-7-3-1-5-9-6-2-4-8-11(14)12(9)10;/h2-7,9-11H,1H3;9-14H,1-8H2;/q-1;;. The molecule has 2 aliphatic carbocycles. The van der Waals surface area contributed by atoms with Gasteiger partial charge in [0.25, 0.3) is 0 Å². The molecule has 32 heavy (non-hydrogen) atoms. The van der Waals surface area contributed by atoms with Gasteiger partial charge in [0.1, 0.15) is 0 Å². The van der Waals surface area contributed by atoms with E-state index in [4.69, 9.17) is 0 Å². The van der Waals surface area contributed by atoms with Crippen LogP contribution in [-0.4, -0.2) is 27.4 Å².